The average Bonchev–Trinajstić information content (AvgIpc) is 3.02. The number of rotatable bonds is 3. The Kier molecular flexibility index (Phi) is 3.50. The summed E-state index contributed by atoms with van der Waals surface area (Å²) in [6, 6.07) is 4.57. The third-order valence-corrected chi connectivity index (χ3v) is 7.84. The van der Waals surface area contributed by atoms with Crippen LogP contribution in [0.3, 0.4) is 0 Å². The molecule has 1 aromatic rings. The van der Waals surface area contributed by atoms with E-state index in [2.05, 4.69) is 5.32 Å². The van der Waals surface area contributed by atoms with Crippen LogP contribution >= 0.6 is 0 Å². The van der Waals surface area contributed by atoms with Gasteiger partial charge in [-0.25, -0.2) is 16.8 Å². The van der Waals surface area contributed by atoms with Crippen molar-refractivity contribution in [2.75, 3.05) is 30.4 Å². The number of benzene rings is 1. The topological polar surface area (TPSA) is 83.6 Å². The Hall–Kier alpha value is -1.12. The molecule has 0 amide bonds. The van der Waals surface area contributed by atoms with E-state index < -0.39 is 25.9 Å². The van der Waals surface area contributed by atoms with Crippen LogP contribution in [0.25, 0.3) is 0 Å². The second-order valence-corrected chi connectivity index (χ2v) is 9.80. The number of fused-ring (bicyclic) bond motifs is 1. The highest BCUT2D eigenvalue weighted by molar-refractivity contribution is 7.92. The van der Waals surface area contributed by atoms with Crippen LogP contribution in [-0.2, 0) is 26.3 Å². The minimum atomic E-state index is -3.65. The first-order valence-corrected chi connectivity index (χ1v) is 10.1. The SMILES string of the molecule is CN(C1CCS(=O)(=O)C1)S(=O)(=O)c1ccc2c(c1)CCN2. The highest BCUT2D eigenvalue weighted by Crippen LogP contribution is 2.28. The lowest BCUT2D eigenvalue weighted by Gasteiger charge is -2.23. The summed E-state index contributed by atoms with van der Waals surface area (Å²) in [4.78, 5) is 0.233. The summed E-state index contributed by atoms with van der Waals surface area (Å²) in [7, 11) is -5.30. The van der Waals surface area contributed by atoms with Gasteiger partial charge in [-0.05, 0) is 36.6 Å². The van der Waals surface area contributed by atoms with Crippen LogP contribution in [0.1, 0.15) is 12.0 Å². The van der Waals surface area contributed by atoms with Crippen LogP contribution in [0.4, 0.5) is 5.69 Å². The van der Waals surface area contributed by atoms with Crippen LogP contribution in [0, 0.1) is 0 Å². The lowest BCUT2D eigenvalue weighted by Crippen LogP contribution is -2.37. The molecule has 6 nitrogen and oxygen atoms in total. The van der Waals surface area contributed by atoms with E-state index in [0.29, 0.717) is 6.42 Å². The zero-order valence-electron chi connectivity index (χ0n) is 11.7. The summed E-state index contributed by atoms with van der Waals surface area (Å²) >= 11 is 0. The zero-order chi connectivity index (χ0) is 15.3. The average molecular weight is 330 g/mol. The minimum absolute atomic E-state index is 0.0611. The lowest BCUT2D eigenvalue weighted by atomic mass is 10.2. The van der Waals surface area contributed by atoms with E-state index in [1.807, 2.05) is 0 Å². The van der Waals surface area contributed by atoms with Gasteiger partial charge in [0.15, 0.2) is 9.84 Å². The third-order valence-electron chi connectivity index (χ3n) is 4.19. The van der Waals surface area contributed by atoms with Crippen LogP contribution in [0.15, 0.2) is 23.1 Å². The first kappa shape index (κ1) is 14.8. The molecule has 1 atom stereocenters. The second kappa shape index (κ2) is 4.96. The number of sulfone groups is 1. The molecule has 2 aliphatic heterocycles. The Morgan fingerprint density at radius 2 is 2.10 bits per heavy atom. The molecule has 0 bridgehead atoms. The van der Waals surface area contributed by atoms with E-state index >= 15 is 0 Å². The number of hydrogen-bond donors (Lipinski definition) is 1. The predicted molar refractivity (Wildman–Crippen MR) is 80.6 cm³/mol. The van der Waals surface area contributed by atoms with Crippen molar-refractivity contribution in [2.45, 2.75) is 23.8 Å². The molecule has 0 spiro atoms. The molecule has 0 aromatic heterocycles. The van der Waals surface area contributed by atoms with Crippen molar-refractivity contribution in [1.29, 1.82) is 0 Å². The monoisotopic (exact) mass is 330 g/mol. The first-order valence-electron chi connectivity index (χ1n) is 6.85. The van der Waals surface area contributed by atoms with Crippen molar-refractivity contribution in [1.82, 2.24) is 4.31 Å². The van der Waals surface area contributed by atoms with Gasteiger partial charge in [-0.2, -0.15) is 4.31 Å². The van der Waals surface area contributed by atoms with Crippen molar-refractivity contribution in [3.63, 3.8) is 0 Å². The Labute approximate surface area is 125 Å². The van der Waals surface area contributed by atoms with Crippen LogP contribution in [0.2, 0.25) is 0 Å². The maximum atomic E-state index is 12.6. The quantitative estimate of drug-likeness (QED) is 0.870. The highest BCUT2D eigenvalue weighted by Gasteiger charge is 2.36. The van der Waals surface area contributed by atoms with Gasteiger partial charge in [0.1, 0.15) is 0 Å². The Morgan fingerprint density at radius 1 is 1.33 bits per heavy atom. The Bertz CT molecular complexity index is 771. The van der Waals surface area contributed by atoms with Gasteiger partial charge < -0.3 is 5.32 Å². The molecular weight excluding hydrogens is 312 g/mol. The van der Waals surface area contributed by atoms with Crippen LogP contribution in [-0.4, -0.2) is 52.3 Å². The summed E-state index contributed by atoms with van der Waals surface area (Å²) < 4.78 is 49.6. The molecular formula is C13H18N2O4S2. The molecule has 2 heterocycles. The van der Waals surface area contributed by atoms with Crippen molar-refractivity contribution >= 4 is 25.5 Å². The lowest BCUT2D eigenvalue weighted by molar-refractivity contribution is 0.394. The van der Waals surface area contributed by atoms with Gasteiger partial charge in [-0.3, -0.25) is 0 Å². The van der Waals surface area contributed by atoms with Gasteiger partial charge in [-0.1, -0.05) is 0 Å². The fourth-order valence-electron chi connectivity index (χ4n) is 2.87. The molecule has 116 valence electrons. The van der Waals surface area contributed by atoms with E-state index in [0.717, 1.165) is 24.2 Å². The van der Waals surface area contributed by atoms with Crippen LogP contribution in [0.5, 0.6) is 0 Å². The summed E-state index contributed by atoms with van der Waals surface area (Å²) in [5, 5.41) is 3.19. The molecule has 1 fully saturated rings. The van der Waals surface area contributed by atoms with E-state index in [-0.39, 0.29) is 16.4 Å². The molecule has 0 aliphatic carbocycles. The summed E-state index contributed by atoms with van der Waals surface area (Å²) in [5.41, 5.74) is 1.96. The number of hydrogen-bond acceptors (Lipinski definition) is 5. The normalized spacial score (nSPS) is 24.0. The number of nitrogens with zero attached hydrogens (tertiary/aromatic N) is 1. The maximum Gasteiger partial charge on any atom is 0.243 e. The number of anilines is 1. The fraction of sp³-hybridized carbons (Fsp3) is 0.538. The second-order valence-electron chi connectivity index (χ2n) is 5.57. The predicted octanol–water partition coefficient (Wildman–Crippen LogP) is 0.462. The Morgan fingerprint density at radius 3 is 2.76 bits per heavy atom. The first-order chi connectivity index (χ1) is 9.79. The van der Waals surface area contributed by atoms with Gasteiger partial charge in [0.05, 0.1) is 16.4 Å². The number of nitrogens with one attached hydrogen (secondary N) is 1. The summed E-state index contributed by atoms with van der Waals surface area (Å²) in [6.45, 7) is 0.815. The smallest absolute Gasteiger partial charge is 0.243 e. The van der Waals surface area contributed by atoms with E-state index in [9.17, 15) is 16.8 Å². The summed E-state index contributed by atoms with van der Waals surface area (Å²) in [6.07, 6.45) is 1.17. The van der Waals surface area contributed by atoms with Gasteiger partial charge in [0.2, 0.25) is 10.0 Å². The molecule has 1 unspecified atom stereocenters. The largest absolute Gasteiger partial charge is 0.384 e. The highest BCUT2D eigenvalue weighted by atomic mass is 32.2. The van der Waals surface area contributed by atoms with E-state index in [4.69, 9.17) is 0 Å². The molecule has 1 saturated heterocycles. The molecule has 21 heavy (non-hydrogen) atoms. The Balaban J connectivity index is 1.90. The molecule has 0 saturated carbocycles. The summed E-state index contributed by atoms with van der Waals surface area (Å²) in [5.74, 6) is -0.0269. The molecule has 1 aromatic carbocycles. The van der Waals surface area contributed by atoms with Crippen molar-refractivity contribution in [3.8, 4) is 0 Å². The van der Waals surface area contributed by atoms with Crippen molar-refractivity contribution < 1.29 is 16.8 Å². The zero-order valence-corrected chi connectivity index (χ0v) is 13.4. The fourth-order valence-corrected chi connectivity index (χ4v) is 6.17. The molecule has 3 rings (SSSR count). The molecule has 8 heteroatoms. The van der Waals surface area contributed by atoms with Crippen molar-refractivity contribution in [2.24, 2.45) is 0 Å². The molecule has 2 aliphatic rings. The van der Waals surface area contributed by atoms with Crippen molar-refractivity contribution in [3.05, 3.63) is 23.8 Å². The van der Waals surface area contributed by atoms with E-state index in [1.165, 1.54) is 11.4 Å². The third kappa shape index (κ3) is 2.67. The molecule has 0 radical (unpaired) electrons. The van der Waals surface area contributed by atoms with E-state index in [1.54, 1.807) is 18.2 Å². The van der Waals surface area contributed by atoms with Gasteiger partial charge in [0.25, 0.3) is 0 Å². The maximum absolute atomic E-state index is 12.6. The standard InChI is InChI=1S/C13H18N2O4S2/c1-15(11-5-7-20(16,17)9-11)21(18,19)12-2-3-13-10(8-12)4-6-14-13/h2-3,8,11,14H,4-7,9H2,1H3. The van der Waals surface area contributed by atoms with Gasteiger partial charge in [-0.15, -0.1) is 0 Å². The molecule has 1 N–H and O–H groups in total. The number of sulfonamides is 1. The van der Waals surface area contributed by atoms with Crippen LogP contribution < -0.4 is 5.32 Å². The van der Waals surface area contributed by atoms with Gasteiger partial charge in [0, 0.05) is 25.3 Å². The van der Waals surface area contributed by atoms with Gasteiger partial charge >= 0.3 is 0 Å². The minimum Gasteiger partial charge on any atom is -0.384 e.